The number of rotatable bonds is 5. The zero-order valence-electron chi connectivity index (χ0n) is 14.6. The van der Waals surface area contributed by atoms with Crippen molar-refractivity contribution in [1.29, 1.82) is 0 Å². The van der Waals surface area contributed by atoms with E-state index in [-0.39, 0.29) is 22.9 Å². The summed E-state index contributed by atoms with van der Waals surface area (Å²) in [6.45, 7) is 0. The van der Waals surface area contributed by atoms with Crippen LogP contribution in [0.4, 0.5) is 20.0 Å². The summed E-state index contributed by atoms with van der Waals surface area (Å²) < 4.78 is 22.9. The van der Waals surface area contributed by atoms with Crippen LogP contribution in [0.2, 0.25) is 0 Å². The van der Waals surface area contributed by atoms with E-state index >= 15 is 0 Å². The van der Waals surface area contributed by atoms with Crippen LogP contribution in [-0.2, 0) is 0 Å². The molecule has 1 aliphatic carbocycles. The molecule has 0 saturated heterocycles. The maximum Gasteiger partial charge on any atom is 0.335 e. The third-order valence-electron chi connectivity index (χ3n) is 4.27. The Morgan fingerprint density at radius 3 is 2.85 bits per heavy atom. The number of benzene rings is 2. The molecule has 0 atom stereocenters. The molecule has 138 valence electrons. The van der Waals surface area contributed by atoms with Crippen LogP contribution in [0.1, 0.15) is 24.3 Å². The molecule has 0 radical (unpaired) electrons. The number of hydrogen-bond donors (Lipinski definition) is 1. The molecule has 0 unspecified atom stereocenters. The lowest BCUT2D eigenvalue weighted by molar-refractivity contribution is 0.258. The number of amides is 2. The standard InChI is InChI=1S/C19H17FN4O2S/c1-24(14-6-4-5-13(11-14)12-9-10-12)19(25)22-18-21-17(23-27-18)26-16-8-3-2-7-15(16)20/h2-8,11-12H,9-10H2,1H3,(H,21,22,23,25). The van der Waals surface area contributed by atoms with E-state index < -0.39 is 5.82 Å². The van der Waals surface area contributed by atoms with Gasteiger partial charge in [-0.05, 0) is 48.6 Å². The fourth-order valence-electron chi connectivity index (χ4n) is 2.62. The van der Waals surface area contributed by atoms with Gasteiger partial charge in [0.15, 0.2) is 11.6 Å². The highest BCUT2D eigenvalue weighted by Crippen LogP contribution is 2.41. The third kappa shape index (κ3) is 4.06. The topological polar surface area (TPSA) is 67.4 Å². The second-order valence-corrected chi connectivity index (χ2v) is 7.02. The fraction of sp³-hybridized carbons (Fsp3) is 0.211. The molecular formula is C19H17FN4O2S. The van der Waals surface area contributed by atoms with Gasteiger partial charge in [-0.2, -0.15) is 4.98 Å². The molecule has 3 aromatic rings. The van der Waals surface area contributed by atoms with Crippen LogP contribution < -0.4 is 15.0 Å². The average Bonchev–Trinajstić information content (AvgIpc) is 3.44. The smallest absolute Gasteiger partial charge is 0.335 e. The lowest BCUT2D eigenvalue weighted by atomic mass is 10.1. The highest BCUT2D eigenvalue weighted by molar-refractivity contribution is 7.10. The first-order valence-electron chi connectivity index (χ1n) is 8.51. The Kier molecular flexibility index (Phi) is 4.72. The summed E-state index contributed by atoms with van der Waals surface area (Å²) in [5, 5.41) is 2.96. The van der Waals surface area contributed by atoms with Gasteiger partial charge in [-0.1, -0.05) is 24.3 Å². The highest BCUT2D eigenvalue weighted by Gasteiger charge is 2.24. The normalized spacial score (nSPS) is 13.3. The predicted molar refractivity (Wildman–Crippen MR) is 102 cm³/mol. The van der Waals surface area contributed by atoms with Gasteiger partial charge < -0.3 is 4.74 Å². The Hall–Kier alpha value is -3.00. The number of para-hydroxylation sites is 1. The highest BCUT2D eigenvalue weighted by atomic mass is 32.1. The van der Waals surface area contributed by atoms with E-state index in [4.69, 9.17) is 4.74 Å². The summed E-state index contributed by atoms with van der Waals surface area (Å²) in [7, 11) is 1.69. The summed E-state index contributed by atoms with van der Waals surface area (Å²) in [5.74, 6) is 0.137. The Morgan fingerprint density at radius 2 is 2.07 bits per heavy atom. The molecule has 0 spiro atoms. The quantitative estimate of drug-likeness (QED) is 0.671. The van der Waals surface area contributed by atoms with Crippen LogP contribution in [0.5, 0.6) is 11.8 Å². The summed E-state index contributed by atoms with van der Waals surface area (Å²) in [6, 6.07) is 13.6. The molecule has 27 heavy (non-hydrogen) atoms. The summed E-state index contributed by atoms with van der Waals surface area (Å²) >= 11 is 0.966. The number of anilines is 2. The van der Waals surface area contributed by atoms with Crippen molar-refractivity contribution in [3.8, 4) is 11.8 Å². The number of urea groups is 1. The van der Waals surface area contributed by atoms with Gasteiger partial charge in [0.2, 0.25) is 5.13 Å². The number of ether oxygens (including phenoxy) is 1. The fourth-order valence-corrected chi connectivity index (χ4v) is 3.12. The first-order chi connectivity index (χ1) is 13.1. The number of halogens is 1. The number of aromatic nitrogens is 2. The minimum atomic E-state index is -0.506. The Balaban J connectivity index is 1.41. The molecule has 0 aliphatic heterocycles. The molecule has 8 heteroatoms. The molecule has 4 rings (SSSR count). The zero-order chi connectivity index (χ0) is 18.8. The minimum absolute atomic E-state index is 0.0150. The Bertz CT molecular complexity index is 974. The van der Waals surface area contributed by atoms with Crippen molar-refractivity contribution in [2.24, 2.45) is 0 Å². The van der Waals surface area contributed by atoms with E-state index in [1.807, 2.05) is 18.2 Å². The number of carbonyl (C=O) groups is 1. The molecule has 2 aromatic carbocycles. The number of carbonyl (C=O) groups excluding carboxylic acids is 1. The van der Waals surface area contributed by atoms with Crippen molar-refractivity contribution >= 4 is 28.4 Å². The van der Waals surface area contributed by atoms with Gasteiger partial charge in [0.1, 0.15) is 0 Å². The van der Waals surface area contributed by atoms with Crippen molar-refractivity contribution < 1.29 is 13.9 Å². The van der Waals surface area contributed by atoms with Crippen molar-refractivity contribution in [2.75, 3.05) is 17.3 Å². The van der Waals surface area contributed by atoms with E-state index in [0.717, 1.165) is 17.2 Å². The van der Waals surface area contributed by atoms with Gasteiger partial charge in [-0.15, -0.1) is 4.37 Å². The van der Waals surface area contributed by atoms with Crippen molar-refractivity contribution in [1.82, 2.24) is 9.36 Å². The van der Waals surface area contributed by atoms with Crippen molar-refractivity contribution in [3.63, 3.8) is 0 Å². The maximum absolute atomic E-state index is 13.6. The van der Waals surface area contributed by atoms with E-state index in [2.05, 4.69) is 20.7 Å². The second-order valence-electron chi connectivity index (χ2n) is 6.27. The molecule has 1 aromatic heterocycles. The molecular weight excluding hydrogens is 367 g/mol. The van der Waals surface area contributed by atoms with Crippen LogP contribution in [0, 0.1) is 5.82 Å². The Labute approximate surface area is 159 Å². The summed E-state index contributed by atoms with van der Waals surface area (Å²) in [5.41, 5.74) is 2.06. The van der Waals surface area contributed by atoms with Gasteiger partial charge in [0.05, 0.1) is 0 Å². The Morgan fingerprint density at radius 1 is 1.26 bits per heavy atom. The number of nitrogens with zero attached hydrogens (tertiary/aromatic N) is 3. The molecule has 2 amide bonds. The molecule has 1 saturated carbocycles. The molecule has 1 fully saturated rings. The minimum Gasteiger partial charge on any atom is -0.420 e. The first kappa shape index (κ1) is 17.4. The molecule has 1 aliphatic rings. The number of hydrogen-bond acceptors (Lipinski definition) is 5. The third-order valence-corrected chi connectivity index (χ3v) is 4.88. The van der Waals surface area contributed by atoms with Gasteiger partial charge in [0, 0.05) is 24.3 Å². The molecule has 0 bridgehead atoms. The van der Waals surface area contributed by atoms with Crippen LogP contribution in [0.25, 0.3) is 0 Å². The van der Waals surface area contributed by atoms with E-state index in [9.17, 15) is 9.18 Å². The lowest BCUT2D eigenvalue weighted by Crippen LogP contribution is -2.31. The molecule has 1 heterocycles. The number of nitrogens with one attached hydrogen (secondary N) is 1. The van der Waals surface area contributed by atoms with Crippen molar-refractivity contribution in [2.45, 2.75) is 18.8 Å². The summed E-state index contributed by atoms with van der Waals surface area (Å²) in [4.78, 5) is 18.1. The van der Waals surface area contributed by atoms with Gasteiger partial charge in [0.25, 0.3) is 0 Å². The second kappa shape index (κ2) is 7.32. The van der Waals surface area contributed by atoms with Crippen molar-refractivity contribution in [3.05, 3.63) is 59.9 Å². The predicted octanol–water partition coefficient (Wildman–Crippen LogP) is 5.02. The first-order valence-corrected chi connectivity index (χ1v) is 9.28. The largest absolute Gasteiger partial charge is 0.420 e. The van der Waals surface area contributed by atoms with Crippen LogP contribution in [0.3, 0.4) is 0 Å². The molecule has 6 nitrogen and oxygen atoms in total. The van der Waals surface area contributed by atoms with E-state index in [0.29, 0.717) is 5.92 Å². The molecule has 1 N–H and O–H groups in total. The SMILES string of the molecule is CN(C(=O)Nc1nc(Oc2ccccc2F)ns1)c1cccc(C2CC2)c1. The maximum atomic E-state index is 13.6. The van der Waals surface area contributed by atoms with E-state index in [1.54, 1.807) is 19.2 Å². The van der Waals surface area contributed by atoms with Gasteiger partial charge >= 0.3 is 12.0 Å². The lowest BCUT2D eigenvalue weighted by Gasteiger charge is -2.17. The monoisotopic (exact) mass is 384 g/mol. The van der Waals surface area contributed by atoms with Gasteiger partial charge in [-0.3, -0.25) is 10.2 Å². The van der Waals surface area contributed by atoms with E-state index in [1.165, 1.54) is 35.4 Å². The van der Waals surface area contributed by atoms with Gasteiger partial charge in [-0.25, -0.2) is 9.18 Å². The average molecular weight is 384 g/mol. The van der Waals surface area contributed by atoms with Crippen LogP contribution in [0.15, 0.2) is 48.5 Å². The summed E-state index contributed by atoms with van der Waals surface area (Å²) in [6.07, 6.45) is 2.41. The van der Waals surface area contributed by atoms with Crippen LogP contribution >= 0.6 is 11.5 Å². The van der Waals surface area contributed by atoms with Crippen LogP contribution in [-0.4, -0.2) is 22.4 Å². The zero-order valence-corrected chi connectivity index (χ0v) is 15.4.